The molecular weight excluding hydrogens is 412 g/mol. The van der Waals surface area contributed by atoms with E-state index in [1.807, 2.05) is 30.5 Å². The van der Waals surface area contributed by atoms with E-state index in [9.17, 15) is 0 Å². The van der Waals surface area contributed by atoms with Crippen molar-refractivity contribution in [3.05, 3.63) is 45.4 Å². The number of aromatic nitrogens is 2. The highest BCUT2D eigenvalue weighted by atomic mass is 79.9. The van der Waals surface area contributed by atoms with Crippen molar-refractivity contribution in [1.82, 2.24) is 9.97 Å². The SMILES string of the molecule is S=c1[nH]cc(CSCC(Br)Oc2ccccc2Br)[nH]1. The van der Waals surface area contributed by atoms with Gasteiger partial charge in [0.05, 0.1) is 4.47 Å². The molecule has 0 fully saturated rings. The summed E-state index contributed by atoms with van der Waals surface area (Å²) in [5, 5.41) is -0.0295. The number of thioether (sulfide) groups is 1. The molecular formula is C12H12Br2N2OS2. The Morgan fingerprint density at radius 3 is 2.84 bits per heavy atom. The van der Waals surface area contributed by atoms with Gasteiger partial charge in [0.15, 0.2) is 9.78 Å². The summed E-state index contributed by atoms with van der Waals surface area (Å²) in [5.41, 5.74) is 1.09. The molecule has 2 rings (SSSR count). The lowest BCUT2D eigenvalue weighted by Crippen LogP contribution is -2.11. The quantitative estimate of drug-likeness (QED) is 0.514. The molecule has 0 aliphatic carbocycles. The molecule has 3 nitrogen and oxygen atoms in total. The van der Waals surface area contributed by atoms with Gasteiger partial charge in [-0.05, 0) is 56.2 Å². The molecule has 1 aromatic heterocycles. The number of halogens is 2. The molecule has 0 saturated heterocycles. The van der Waals surface area contributed by atoms with Gasteiger partial charge in [0.1, 0.15) is 5.75 Å². The monoisotopic (exact) mass is 422 g/mol. The second-order valence-electron chi connectivity index (χ2n) is 3.74. The second kappa shape index (κ2) is 7.52. The van der Waals surface area contributed by atoms with E-state index in [1.54, 1.807) is 11.8 Å². The van der Waals surface area contributed by atoms with Crippen LogP contribution < -0.4 is 4.74 Å². The first kappa shape index (κ1) is 15.2. The van der Waals surface area contributed by atoms with Crippen LogP contribution in [0.2, 0.25) is 0 Å². The zero-order valence-corrected chi connectivity index (χ0v) is 14.7. The summed E-state index contributed by atoms with van der Waals surface area (Å²) in [6.07, 6.45) is 1.90. The van der Waals surface area contributed by atoms with E-state index in [4.69, 9.17) is 17.0 Å². The van der Waals surface area contributed by atoms with Gasteiger partial charge in [-0.25, -0.2) is 0 Å². The normalized spacial score (nSPS) is 12.3. The van der Waals surface area contributed by atoms with Gasteiger partial charge in [-0.3, -0.25) is 0 Å². The van der Waals surface area contributed by atoms with Crippen molar-refractivity contribution in [3.8, 4) is 5.75 Å². The average molecular weight is 424 g/mol. The standard InChI is InChI=1S/C12H12Br2N2OS2/c13-9-3-1-2-4-10(9)17-11(14)7-19-6-8-5-15-12(18)16-8/h1-5,11H,6-7H2,(H2,15,16,18). The Hall–Kier alpha value is -0.240. The molecule has 1 heterocycles. The van der Waals surface area contributed by atoms with Gasteiger partial charge in [0.25, 0.3) is 0 Å². The summed E-state index contributed by atoms with van der Waals surface area (Å²) in [5.74, 6) is 2.55. The number of nitrogens with one attached hydrogen (secondary N) is 2. The lowest BCUT2D eigenvalue weighted by atomic mass is 10.3. The van der Waals surface area contributed by atoms with Crippen molar-refractivity contribution in [2.75, 3.05) is 5.75 Å². The molecule has 0 amide bonds. The van der Waals surface area contributed by atoms with E-state index >= 15 is 0 Å². The number of imidazole rings is 1. The van der Waals surface area contributed by atoms with Crippen LogP contribution in [0.3, 0.4) is 0 Å². The zero-order chi connectivity index (χ0) is 13.7. The molecule has 1 atom stereocenters. The Morgan fingerprint density at radius 1 is 1.37 bits per heavy atom. The van der Waals surface area contributed by atoms with E-state index < -0.39 is 0 Å². The lowest BCUT2D eigenvalue weighted by Gasteiger charge is -2.13. The van der Waals surface area contributed by atoms with Crippen LogP contribution in [0.5, 0.6) is 5.75 Å². The van der Waals surface area contributed by atoms with Crippen molar-refractivity contribution >= 4 is 55.8 Å². The summed E-state index contributed by atoms with van der Waals surface area (Å²) >= 11 is 13.7. The maximum absolute atomic E-state index is 5.80. The van der Waals surface area contributed by atoms with E-state index in [2.05, 4.69) is 41.8 Å². The van der Waals surface area contributed by atoms with Gasteiger partial charge in [-0.15, -0.1) is 0 Å². The Labute approximate surface area is 137 Å². The predicted octanol–water partition coefficient (Wildman–Crippen LogP) is 4.87. The molecule has 102 valence electrons. The van der Waals surface area contributed by atoms with Crippen LogP contribution in [-0.2, 0) is 5.75 Å². The topological polar surface area (TPSA) is 40.8 Å². The van der Waals surface area contributed by atoms with Gasteiger partial charge in [-0.1, -0.05) is 12.1 Å². The molecule has 0 bridgehead atoms. The summed E-state index contributed by atoms with van der Waals surface area (Å²) in [6.45, 7) is 0. The first-order valence-corrected chi connectivity index (χ1v) is 8.82. The van der Waals surface area contributed by atoms with Crippen molar-refractivity contribution in [2.24, 2.45) is 0 Å². The fourth-order valence-corrected chi connectivity index (χ4v) is 3.50. The minimum Gasteiger partial charge on any atom is -0.477 e. The number of alkyl halides is 1. The molecule has 7 heteroatoms. The number of benzene rings is 1. The van der Waals surface area contributed by atoms with Gasteiger partial charge in [-0.2, -0.15) is 11.8 Å². The predicted molar refractivity (Wildman–Crippen MR) is 89.6 cm³/mol. The molecule has 0 spiro atoms. The third-order valence-corrected chi connectivity index (χ3v) is 5.12. The highest BCUT2D eigenvalue weighted by Gasteiger charge is 2.08. The molecule has 0 radical (unpaired) electrons. The van der Waals surface area contributed by atoms with Crippen LogP contribution in [0, 0.1) is 4.77 Å². The molecule has 1 unspecified atom stereocenters. The summed E-state index contributed by atoms with van der Waals surface area (Å²) in [6, 6.07) is 7.81. The highest BCUT2D eigenvalue weighted by Crippen LogP contribution is 2.27. The van der Waals surface area contributed by atoms with Crippen LogP contribution in [0.15, 0.2) is 34.9 Å². The number of H-pyrrole nitrogens is 2. The van der Waals surface area contributed by atoms with Gasteiger partial charge in [0, 0.05) is 23.4 Å². The molecule has 0 aliphatic rings. The molecule has 0 aliphatic heterocycles. The van der Waals surface area contributed by atoms with Gasteiger partial charge >= 0.3 is 0 Å². The zero-order valence-electron chi connectivity index (χ0n) is 9.86. The third-order valence-electron chi connectivity index (χ3n) is 2.25. The fraction of sp³-hybridized carbons (Fsp3) is 0.250. The summed E-state index contributed by atoms with van der Waals surface area (Å²) in [7, 11) is 0. The lowest BCUT2D eigenvalue weighted by molar-refractivity contribution is 0.316. The van der Waals surface area contributed by atoms with E-state index in [0.717, 1.165) is 27.4 Å². The van der Waals surface area contributed by atoms with E-state index in [0.29, 0.717) is 4.77 Å². The molecule has 2 N–H and O–H groups in total. The van der Waals surface area contributed by atoms with E-state index in [-0.39, 0.29) is 5.01 Å². The minimum atomic E-state index is -0.0295. The number of para-hydroxylation sites is 1. The van der Waals surface area contributed by atoms with E-state index in [1.165, 1.54) is 0 Å². The number of rotatable bonds is 6. The van der Waals surface area contributed by atoms with Crippen LogP contribution in [-0.4, -0.2) is 20.7 Å². The molecule has 1 aromatic carbocycles. The number of aromatic amines is 2. The van der Waals surface area contributed by atoms with Crippen molar-refractivity contribution in [3.63, 3.8) is 0 Å². The fourth-order valence-electron chi connectivity index (χ4n) is 1.42. The van der Waals surface area contributed by atoms with Crippen molar-refractivity contribution in [2.45, 2.75) is 10.8 Å². The molecule has 19 heavy (non-hydrogen) atoms. The first-order valence-electron chi connectivity index (χ1n) is 5.55. The summed E-state index contributed by atoms with van der Waals surface area (Å²) < 4.78 is 7.42. The minimum absolute atomic E-state index is 0.0295. The third kappa shape index (κ3) is 4.98. The summed E-state index contributed by atoms with van der Waals surface area (Å²) in [4.78, 5) is 6.03. The maximum atomic E-state index is 5.80. The Morgan fingerprint density at radius 2 is 2.16 bits per heavy atom. The number of ether oxygens (including phenoxy) is 1. The Bertz CT molecular complexity index is 585. The van der Waals surface area contributed by atoms with Crippen molar-refractivity contribution in [1.29, 1.82) is 0 Å². The van der Waals surface area contributed by atoms with Crippen molar-refractivity contribution < 1.29 is 4.74 Å². The second-order valence-corrected chi connectivity index (χ2v) is 7.06. The Kier molecular flexibility index (Phi) is 6.00. The highest BCUT2D eigenvalue weighted by molar-refractivity contribution is 9.10. The number of hydrogen-bond acceptors (Lipinski definition) is 3. The van der Waals surface area contributed by atoms with Crippen LogP contribution in [0.4, 0.5) is 0 Å². The van der Waals surface area contributed by atoms with Crippen LogP contribution in [0.25, 0.3) is 0 Å². The average Bonchev–Trinajstić information content (AvgIpc) is 2.78. The first-order chi connectivity index (χ1) is 9.15. The number of hydrogen-bond donors (Lipinski definition) is 2. The smallest absolute Gasteiger partial charge is 0.174 e. The molecule has 0 saturated carbocycles. The van der Waals surface area contributed by atoms with Gasteiger partial charge < -0.3 is 14.7 Å². The maximum Gasteiger partial charge on any atom is 0.174 e. The largest absolute Gasteiger partial charge is 0.477 e. The van der Waals surface area contributed by atoms with Crippen LogP contribution in [0.1, 0.15) is 5.69 Å². The van der Waals surface area contributed by atoms with Crippen LogP contribution >= 0.6 is 55.8 Å². The Balaban J connectivity index is 1.77. The molecule has 2 aromatic rings. The van der Waals surface area contributed by atoms with Gasteiger partial charge in [0.2, 0.25) is 0 Å².